The number of aromatic nitrogens is 3. The molecule has 0 bridgehead atoms. The third kappa shape index (κ3) is 1.57. The molecule has 0 aliphatic rings. The van der Waals surface area contributed by atoms with Crippen LogP contribution in [0.2, 0.25) is 0 Å². The van der Waals surface area contributed by atoms with Crippen LogP contribution in [-0.2, 0) is 6.54 Å². The molecule has 70 valence electrons. The van der Waals surface area contributed by atoms with Crippen molar-refractivity contribution in [2.24, 2.45) is 0 Å². The van der Waals surface area contributed by atoms with Crippen LogP contribution in [-0.4, -0.2) is 15.0 Å². The van der Waals surface area contributed by atoms with E-state index in [1.165, 1.54) is 0 Å². The predicted octanol–water partition coefficient (Wildman–Crippen LogP) is 2.13. The number of nitrogens with zero attached hydrogens (tertiary/aromatic N) is 3. The smallest absolute Gasteiger partial charge is 0.0889 e. The molecule has 1 aromatic carbocycles. The molecule has 0 spiro atoms. The van der Waals surface area contributed by atoms with E-state index in [1.54, 1.807) is 12.3 Å². The summed E-state index contributed by atoms with van der Waals surface area (Å²) < 4.78 is 1.82. The van der Waals surface area contributed by atoms with Gasteiger partial charge in [-0.3, -0.25) is 0 Å². The topological polar surface area (TPSA) is 30.7 Å². The van der Waals surface area contributed by atoms with Gasteiger partial charge in [-0.25, -0.2) is 4.68 Å². The Balaban J connectivity index is 2.41. The summed E-state index contributed by atoms with van der Waals surface area (Å²) >= 11 is 0. The van der Waals surface area contributed by atoms with Crippen molar-refractivity contribution in [3.8, 4) is 11.3 Å². The van der Waals surface area contributed by atoms with Crippen molar-refractivity contribution < 1.29 is 0 Å². The number of benzene rings is 1. The molecule has 0 aliphatic carbocycles. The van der Waals surface area contributed by atoms with Crippen molar-refractivity contribution >= 4 is 0 Å². The maximum atomic E-state index is 3.98. The summed E-state index contributed by atoms with van der Waals surface area (Å²) in [4.78, 5) is 0. The average Bonchev–Trinajstić information content (AvgIpc) is 2.68. The minimum atomic E-state index is 0.685. The van der Waals surface area contributed by atoms with Crippen molar-refractivity contribution in [1.29, 1.82) is 0 Å². The second-order valence-corrected chi connectivity index (χ2v) is 2.96. The molecular weight excluding hydrogens is 174 g/mol. The molecule has 2 rings (SSSR count). The minimum Gasteiger partial charge on any atom is -0.241 e. The van der Waals surface area contributed by atoms with E-state index >= 15 is 0 Å². The van der Waals surface area contributed by atoms with Crippen molar-refractivity contribution in [2.45, 2.75) is 6.54 Å². The highest BCUT2D eigenvalue weighted by Crippen LogP contribution is 2.16. The third-order valence-electron chi connectivity index (χ3n) is 1.99. The van der Waals surface area contributed by atoms with Gasteiger partial charge in [0.05, 0.1) is 18.4 Å². The Morgan fingerprint density at radius 1 is 1.29 bits per heavy atom. The van der Waals surface area contributed by atoms with Gasteiger partial charge in [0, 0.05) is 5.56 Å². The Morgan fingerprint density at radius 3 is 2.79 bits per heavy atom. The van der Waals surface area contributed by atoms with Crippen LogP contribution in [0.1, 0.15) is 0 Å². The fraction of sp³-hybridized carbons (Fsp3) is 0.0909. The van der Waals surface area contributed by atoms with Crippen LogP contribution in [0.25, 0.3) is 11.3 Å². The van der Waals surface area contributed by atoms with Crippen LogP contribution >= 0.6 is 0 Å². The summed E-state index contributed by atoms with van der Waals surface area (Å²) in [6, 6.07) is 10.1. The van der Waals surface area contributed by atoms with E-state index in [1.807, 2.05) is 35.0 Å². The molecule has 0 amide bonds. The lowest BCUT2D eigenvalue weighted by atomic mass is 10.2. The highest BCUT2D eigenvalue weighted by atomic mass is 15.4. The lowest BCUT2D eigenvalue weighted by Gasteiger charge is -2.02. The van der Waals surface area contributed by atoms with E-state index in [2.05, 4.69) is 16.9 Å². The summed E-state index contributed by atoms with van der Waals surface area (Å²) in [7, 11) is 0. The lowest BCUT2D eigenvalue weighted by molar-refractivity contribution is 0.668. The fourth-order valence-electron chi connectivity index (χ4n) is 1.35. The van der Waals surface area contributed by atoms with E-state index in [4.69, 9.17) is 0 Å². The SMILES string of the molecule is C=CCn1nncc1-c1ccccc1. The van der Waals surface area contributed by atoms with Crippen LogP contribution in [0.15, 0.2) is 49.2 Å². The Kier molecular flexibility index (Phi) is 2.40. The van der Waals surface area contributed by atoms with Gasteiger partial charge < -0.3 is 0 Å². The Labute approximate surface area is 82.7 Å². The van der Waals surface area contributed by atoms with Gasteiger partial charge in [0.25, 0.3) is 0 Å². The van der Waals surface area contributed by atoms with Crippen LogP contribution in [0.3, 0.4) is 0 Å². The lowest BCUT2D eigenvalue weighted by Crippen LogP contribution is -1.99. The first-order chi connectivity index (χ1) is 6.92. The van der Waals surface area contributed by atoms with Crippen LogP contribution in [0.5, 0.6) is 0 Å². The predicted molar refractivity (Wildman–Crippen MR) is 55.7 cm³/mol. The van der Waals surface area contributed by atoms with Crippen LogP contribution < -0.4 is 0 Å². The average molecular weight is 185 g/mol. The summed E-state index contributed by atoms with van der Waals surface area (Å²) in [6.07, 6.45) is 3.57. The first-order valence-electron chi connectivity index (χ1n) is 4.46. The Bertz CT molecular complexity index is 417. The molecule has 0 saturated carbocycles. The van der Waals surface area contributed by atoms with Crippen LogP contribution in [0, 0.1) is 0 Å². The normalized spacial score (nSPS) is 10.0. The van der Waals surface area contributed by atoms with Gasteiger partial charge in [-0.2, -0.15) is 0 Å². The highest BCUT2D eigenvalue weighted by Gasteiger charge is 2.03. The standard InChI is InChI=1S/C11H11N3/c1-2-8-14-11(9-12-13-14)10-6-4-3-5-7-10/h2-7,9H,1,8H2. The minimum absolute atomic E-state index is 0.685. The molecule has 1 aromatic heterocycles. The maximum Gasteiger partial charge on any atom is 0.0889 e. The summed E-state index contributed by atoms with van der Waals surface area (Å²) in [6.45, 7) is 4.37. The molecule has 14 heavy (non-hydrogen) atoms. The second kappa shape index (κ2) is 3.87. The molecule has 0 saturated heterocycles. The molecule has 3 nitrogen and oxygen atoms in total. The summed E-state index contributed by atoms with van der Waals surface area (Å²) in [5.74, 6) is 0. The van der Waals surface area contributed by atoms with Crippen molar-refractivity contribution in [2.75, 3.05) is 0 Å². The molecule has 0 fully saturated rings. The molecule has 1 heterocycles. The molecule has 0 aliphatic heterocycles. The maximum absolute atomic E-state index is 3.98. The fourth-order valence-corrected chi connectivity index (χ4v) is 1.35. The van der Waals surface area contributed by atoms with Gasteiger partial charge in [0.2, 0.25) is 0 Å². The van der Waals surface area contributed by atoms with E-state index in [0.29, 0.717) is 6.54 Å². The first-order valence-corrected chi connectivity index (χ1v) is 4.46. The molecular formula is C11H11N3. The molecule has 0 atom stereocenters. The number of hydrogen-bond acceptors (Lipinski definition) is 2. The van der Waals surface area contributed by atoms with Gasteiger partial charge in [-0.1, -0.05) is 41.6 Å². The quantitative estimate of drug-likeness (QED) is 0.686. The number of hydrogen-bond donors (Lipinski definition) is 0. The summed E-state index contributed by atoms with van der Waals surface area (Å²) in [5, 5.41) is 7.86. The molecule has 0 N–H and O–H groups in total. The van der Waals surface area contributed by atoms with E-state index < -0.39 is 0 Å². The van der Waals surface area contributed by atoms with Crippen molar-refractivity contribution in [3.63, 3.8) is 0 Å². The second-order valence-electron chi connectivity index (χ2n) is 2.96. The molecule has 0 radical (unpaired) electrons. The molecule has 3 heteroatoms. The van der Waals surface area contributed by atoms with E-state index in [0.717, 1.165) is 11.3 Å². The zero-order chi connectivity index (χ0) is 9.80. The van der Waals surface area contributed by atoms with Gasteiger partial charge in [-0.15, -0.1) is 11.7 Å². The van der Waals surface area contributed by atoms with Crippen molar-refractivity contribution in [3.05, 3.63) is 49.2 Å². The number of allylic oxidation sites excluding steroid dienone is 1. The Hall–Kier alpha value is -1.90. The Morgan fingerprint density at radius 2 is 2.07 bits per heavy atom. The summed E-state index contributed by atoms with van der Waals surface area (Å²) in [5.41, 5.74) is 2.14. The van der Waals surface area contributed by atoms with Crippen molar-refractivity contribution in [1.82, 2.24) is 15.0 Å². The molecule has 0 unspecified atom stereocenters. The zero-order valence-electron chi connectivity index (χ0n) is 7.80. The van der Waals surface area contributed by atoms with Gasteiger partial charge >= 0.3 is 0 Å². The van der Waals surface area contributed by atoms with Gasteiger partial charge in [0.1, 0.15) is 0 Å². The first kappa shape index (κ1) is 8.69. The van der Waals surface area contributed by atoms with E-state index in [-0.39, 0.29) is 0 Å². The third-order valence-corrected chi connectivity index (χ3v) is 1.99. The van der Waals surface area contributed by atoms with E-state index in [9.17, 15) is 0 Å². The largest absolute Gasteiger partial charge is 0.241 e. The number of rotatable bonds is 3. The van der Waals surface area contributed by atoms with Gasteiger partial charge in [-0.05, 0) is 0 Å². The van der Waals surface area contributed by atoms with Gasteiger partial charge in [0.15, 0.2) is 0 Å². The monoisotopic (exact) mass is 185 g/mol. The van der Waals surface area contributed by atoms with Crippen LogP contribution in [0.4, 0.5) is 0 Å². The molecule has 2 aromatic rings. The zero-order valence-corrected chi connectivity index (χ0v) is 7.80. The highest BCUT2D eigenvalue weighted by molar-refractivity contribution is 5.57.